The molecule has 0 spiro atoms. The van der Waals surface area contributed by atoms with Crippen molar-refractivity contribution in [1.82, 2.24) is 0 Å². The molecule has 1 atom stereocenters. The van der Waals surface area contributed by atoms with Gasteiger partial charge in [0.05, 0.1) is 21.3 Å². The average Bonchev–Trinajstić information content (AvgIpc) is 2.66. The summed E-state index contributed by atoms with van der Waals surface area (Å²) in [6, 6.07) is 12.2. The summed E-state index contributed by atoms with van der Waals surface area (Å²) in [4.78, 5) is 0. The van der Waals surface area contributed by atoms with Crippen LogP contribution in [0.25, 0.3) is 0 Å². The molecule has 1 heterocycles. The van der Waals surface area contributed by atoms with Crippen molar-refractivity contribution in [2.75, 3.05) is 4.31 Å². The van der Waals surface area contributed by atoms with E-state index in [0.29, 0.717) is 15.0 Å². The third-order valence-electron chi connectivity index (χ3n) is 1.90. The first-order valence-electron chi connectivity index (χ1n) is 4.38. The minimum atomic E-state index is -2.36. The Morgan fingerprint density at radius 3 is 2.38 bits per heavy atom. The Morgan fingerprint density at radius 1 is 1.19 bits per heavy atom. The van der Waals surface area contributed by atoms with Crippen LogP contribution in [-0.2, 0) is 11.3 Å². The lowest BCUT2D eigenvalue weighted by Gasteiger charge is -2.24. The van der Waals surface area contributed by atoms with E-state index in [1.54, 1.807) is 36.4 Å². The highest BCUT2D eigenvalue weighted by molar-refractivity contribution is 7.81. The maximum Gasteiger partial charge on any atom is 0.108 e. The lowest BCUT2D eigenvalue weighted by molar-refractivity contribution is 0.537. The molecular weight excluding hydrogens is 266 g/mol. The SMILES string of the molecule is O=S([O-])N(c1ccccc1)c1ccc(Cl)s1. The van der Waals surface area contributed by atoms with Gasteiger partial charge in [-0.1, -0.05) is 29.8 Å². The summed E-state index contributed by atoms with van der Waals surface area (Å²) in [5.41, 5.74) is 0.592. The van der Waals surface area contributed by atoms with Gasteiger partial charge < -0.3 is 4.55 Å². The molecule has 0 saturated carbocycles. The quantitative estimate of drug-likeness (QED) is 0.805. The highest BCUT2D eigenvalue weighted by atomic mass is 35.5. The van der Waals surface area contributed by atoms with Gasteiger partial charge in [0.2, 0.25) is 0 Å². The topological polar surface area (TPSA) is 43.4 Å². The molecule has 0 aliphatic rings. The number of thiophene rings is 1. The largest absolute Gasteiger partial charge is 0.755 e. The second kappa shape index (κ2) is 4.97. The van der Waals surface area contributed by atoms with E-state index in [0.717, 1.165) is 0 Å². The van der Waals surface area contributed by atoms with Crippen molar-refractivity contribution >= 4 is 44.9 Å². The number of anilines is 2. The van der Waals surface area contributed by atoms with Gasteiger partial charge in [0, 0.05) is 0 Å². The molecule has 3 nitrogen and oxygen atoms in total. The summed E-state index contributed by atoms with van der Waals surface area (Å²) in [5.74, 6) is 0. The van der Waals surface area contributed by atoms with Crippen LogP contribution in [0, 0.1) is 0 Å². The predicted octanol–water partition coefficient (Wildman–Crippen LogP) is 3.33. The van der Waals surface area contributed by atoms with Gasteiger partial charge in [0.1, 0.15) is 5.00 Å². The normalized spacial score (nSPS) is 12.4. The molecule has 6 heteroatoms. The fourth-order valence-corrected chi connectivity index (χ4v) is 3.02. The number of rotatable bonds is 3. The first-order valence-corrected chi connectivity index (χ1v) is 6.61. The first kappa shape index (κ1) is 11.6. The Balaban J connectivity index is 2.43. The van der Waals surface area contributed by atoms with E-state index in [9.17, 15) is 8.76 Å². The van der Waals surface area contributed by atoms with E-state index in [1.807, 2.05) is 6.07 Å². The van der Waals surface area contributed by atoms with Crippen molar-refractivity contribution < 1.29 is 8.76 Å². The van der Waals surface area contributed by atoms with Crippen LogP contribution < -0.4 is 4.31 Å². The minimum absolute atomic E-state index is 0.557. The summed E-state index contributed by atoms with van der Waals surface area (Å²) in [7, 11) is 0. The summed E-state index contributed by atoms with van der Waals surface area (Å²) in [5, 5.41) is 0.574. The second-order valence-electron chi connectivity index (χ2n) is 2.92. The molecular formula is C10H7ClNO2S2-. The number of halogens is 1. The molecule has 0 bridgehead atoms. The van der Waals surface area contributed by atoms with E-state index in [-0.39, 0.29) is 0 Å². The third kappa shape index (κ3) is 2.44. The molecule has 16 heavy (non-hydrogen) atoms. The highest BCUT2D eigenvalue weighted by Crippen LogP contribution is 2.34. The lowest BCUT2D eigenvalue weighted by Crippen LogP contribution is -2.18. The monoisotopic (exact) mass is 272 g/mol. The number of hydrogen-bond donors (Lipinski definition) is 0. The molecule has 0 N–H and O–H groups in total. The molecule has 0 radical (unpaired) electrons. The van der Waals surface area contributed by atoms with Crippen LogP contribution in [0.4, 0.5) is 10.7 Å². The van der Waals surface area contributed by atoms with Crippen LogP contribution in [-0.4, -0.2) is 8.76 Å². The van der Waals surface area contributed by atoms with Crippen molar-refractivity contribution in [2.45, 2.75) is 0 Å². The van der Waals surface area contributed by atoms with Gasteiger partial charge in [0.15, 0.2) is 0 Å². The second-order valence-corrected chi connectivity index (χ2v) is 5.42. The molecule has 0 fully saturated rings. The molecule has 2 rings (SSSR count). The Hall–Kier alpha value is -0.880. The number of benzene rings is 1. The molecule has 0 amide bonds. The minimum Gasteiger partial charge on any atom is -0.755 e. The molecule has 84 valence electrons. The predicted molar refractivity (Wildman–Crippen MR) is 66.8 cm³/mol. The van der Waals surface area contributed by atoms with E-state index >= 15 is 0 Å². The maximum atomic E-state index is 11.2. The summed E-state index contributed by atoms with van der Waals surface area (Å²) < 4.78 is 24.2. The van der Waals surface area contributed by atoms with Crippen molar-refractivity contribution in [2.24, 2.45) is 0 Å². The van der Waals surface area contributed by atoms with Gasteiger partial charge in [-0.05, 0) is 24.3 Å². The van der Waals surface area contributed by atoms with Gasteiger partial charge in [0.25, 0.3) is 0 Å². The van der Waals surface area contributed by atoms with Crippen LogP contribution in [0.15, 0.2) is 42.5 Å². The van der Waals surface area contributed by atoms with E-state index in [2.05, 4.69) is 0 Å². The van der Waals surface area contributed by atoms with Gasteiger partial charge in [-0.2, -0.15) is 0 Å². The fourth-order valence-electron chi connectivity index (χ4n) is 1.26. The maximum absolute atomic E-state index is 11.2. The smallest absolute Gasteiger partial charge is 0.108 e. The zero-order valence-electron chi connectivity index (χ0n) is 8.00. The van der Waals surface area contributed by atoms with E-state index in [1.165, 1.54) is 15.6 Å². The van der Waals surface area contributed by atoms with Gasteiger partial charge >= 0.3 is 0 Å². The van der Waals surface area contributed by atoms with Crippen molar-refractivity contribution in [1.29, 1.82) is 0 Å². The molecule has 2 aromatic rings. The van der Waals surface area contributed by atoms with Gasteiger partial charge in [-0.25, -0.2) is 0 Å². The van der Waals surface area contributed by atoms with Gasteiger partial charge in [-0.15, -0.1) is 11.3 Å². The lowest BCUT2D eigenvalue weighted by atomic mass is 10.3. The van der Waals surface area contributed by atoms with Crippen molar-refractivity contribution in [3.05, 3.63) is 46.8 Å². The molecule has 1 unspecified atom stereocenters. The number of hydrogen-bond acceptors (Lipinski definition) is 3. The zero-order valence-corrected chi connectivity index (χ0v) is 10.4. The number of para-hydroxylation sites is 1. The van der Waals surface area contributed by atoms with Crippen LogP contribution in [0.3, 0.4) is 0 Å². The van der Waals surface area contributed by atoms with Crippen molar-refractivity contribution in [3.8, 4) is 0 Å². The molecule has 0 aliphatic heterocycles. The summed E-state index contributed by atoms with van der Waals surface area (Å²) >= 11 is 4.65. The van der Waals surface area contributed by atoms with E-state index in [4.69, 9.17) is 11.6 Å². The van der Waals surface area contributed by atoms with Crippen LogP contribution >= 0.6 is 22.9 Å². The zero-order chi connectivity index (χ0) is 11.5. The van der Waals surface area contributed by atoms with Crippen LogP contribution in [0.5, 0.6) is 0 Å². The number of nitrogens with zero attached hydrogens (tertiary/aromatic N) is 1. The van der Waals surface area contributed by atoms with Crippen LogP contribution in [0.1, 0.15) is 0 Å². The fraction of sp³-hybridized carbons (Fsp3) is 0. The summed E-state index contributed by atoms with van der Waals surface area (Å²) in [6.45, 7) is 0. The molecule has 0 aliphatic carbocycles. The first-order chi connectivity index (χ1) is 7.68. The Bertz CT molecular complexity index is 501. The molecule has 1 aromatic heterocycles. The Morgan fingerprint density at radius 2 is 1.88 bits per heavy atom. The van der Waals surface area contributed by atoms with Gasteiger partial charge in [-0.3, -0.25) is 8.51 Å². The van der Waals surface area contributed by atoms with Crippen molar-refractivity contribution in [3.63, 3.8) is 0 Å². The highest BCUT2D eigenvalue weighted by Gasteiger charge is 2.11. The standard InChI is InChI=1S/C10H8ClNO2S2/c11-9-6-7-10(15-9)12(16(13)14)8-4-2-1-3-5-8/h1-7H,(H,13,14)/p-1. The Labute approximate surface area is 105 Å². The van der Waals surface area contributed by atoms with Crippen LogP contribution in [0.2, 0.25) is 4.34 Å². The third-order valence-corrected chi connectivity index (χ3v) is 3.94. The van der Waals surface area contributed by atoms with E-state index < -0.39 is 11.3 Å². The Kier molecular flexibility index (Phi) is 3.60. The molecule has 1 aromatic carbocycles. The molecule has 0 saturated heterocycles. The summed E-state index contributed by atoms with van der Waals surface area (Å²) in [6.07, 6.45) is 0. The average molecular weight is 273 g/mol.